The summed E-state index contributed by atoms with van der Waals surface area (Å²) in [6, 6.07) is 16.3. The normalized spacial score (nSPS) is 14.1. The fourth-order valence-corrected chi connectivity index (χ4v) is 2.27. The molecule has 0 fully saturated rings. The lowest BCUT2D eigenvalue weighted by Crippen LogP contribution is -2.09. The Balaban J connectivity index is 1.88. The average Bonchev–Trinajstić information content (AvgIpc) is 2.84. The maximum Gasteiger partial charge on any atom is 0.250 e. The highest BCUT2D eigenvalue weighted by Gasteiger charge is 2.18. The van der Waals surface area contributed by atoms with Crippen LogP contribution < -0.4 is 11.1 Å². The highest BCUT2D eigenvalue weighted by atomic mass is 16.1. The molecule has 0 aromatic heterocycles. The highest BCUT2D eigenvalue weighted by Crippen LogP contribution is 2.27. The summed E-state index contributed by atoms with van der Waals surface area (Å²) < 4.78 is 0. The third kappa shape index (κ3) is 2.45. The minimum atomic E-state index is -0.356. The molecule has 5 heteroatoms. The van der Waals surface area contributed by atoms with Crippen molar-refractivity contribution in [3.8, 4) is 6.07 Å². The van der Waals surface area contributed by atoms with Crippen LogP contribution >= 0.6 is 0 Å². The molecular formula is C17H12N4O. The molecule has 0 bridgehead atoms. The van der Waals surface area contributed by atoms with Crippen molar-refractivity contribution in [3.63, 3.8) is 0 Å². The number of aliphatic imine (C=N–C) groups is 1. The van der Waals surface area contributed by atoms with Gasteiger partial charge in [0.1, 0.15) is 11.9 Å². The lowest BCUT2D eigenvalue weighted by atomic mass is 10.1. The van der Waals surface area contributed by atoms with Crippen molar-refractivity contribution >= 4 is 23.1 Å². The zero-order chi connectivity index (χ0) is 15.5. The molecule has 3 N–H and O–H groups in total. The summed E-state index contributed by atoms with van der Waals surface area (Å²) >= 11 is 0. The van der Waals surface area contributed by atoms with Crippen LogP contribution in [0.1, 0.15) is 16.7 Å². The number of carbonyl (C=O) groups excluding carboxylic acids is 1. The molecule has 106 valence electrons. The maximum absolute atomic E-state index is 12.1. The summed E-state index contributed by atoms with van der Waals surface area (Å²) in [6.45, 7) is 0. The van der Waals surface area contributed by atoms with Crippen LogP contribution in [0, 0.1) is 11.3 Å². The second-order valence-electron chi connectivity index (χ2n) is 4.72. The molecule has 2 aromatic rings. The Morgan fingerprint density at radius 1 is 1.14 bits per heavy atom. The zero-order valence-corrected chi connectivity index (χ0v) is 11.6. The molecule has 5 nitrogen and oxygen atoms in total. The van der Waals surface area contributed by atoms with Crippen molar-refractivity contribution in [3.05, 3.63) is 71.3 Å². The Morgan fingerprint density at radius 2 is 1.82 bits per heavy atom. The molecule has 3 rings (SSSR count). The number of benzene rings is 2. The average molecular weight is 288 g/mol. The Bertz CT molecular complexity index is 859. The van der Waals surface area contributed by atoms with Gasteiger partial charge in [-0.1, -0.05) is 36.4 Å². The van der Waals surface area contributed by atoms with Gasteiger partial charge in [0, 0.05) is 17.2 Å². The molecule has 0 spiro atoms. The van der Waals surface area contributed by atoms with Crippen LogP contribution in [-0.4, -0.2) is 11.7 Å². The smallest absolute Gasteiger partial charge is 0.250 e. The second kappa shape index (κ2) is 5.54. The minimum Gasteiger partial charge on any atom is -0.383 e. The number of anilines is 1. The molecule has 1 heterocycles. The van der Waals surface area contributed by atoms with E-state index in [1.54, 1.807) is 24.3 Å². The summed E-state index contributed by atoms with van der Waals surface area (Å²) in [5.41, 5.74) is 8.87. The third-order valence-corrected chi connectivity index (χ3v) is 3.29. The molecular weight excluding hydrogens is 276 g/mol. The number of hydrogen-bond acceptors (Lipinski definition) is 4. The van der Waals surface area contributed by atoms with E-state index in [9.17, 15) is 4.79 Å². The minimum absolute atomic E-state index is 0.356. The number of nitriles is 1. The Morgan fingerprint density at radius 3 is 2.59 bits per heavy atom. The lowest BCUT2D eigenvalue weighted by molar-refractivity contribution is -0.111. The van der Waals surface area contributed by atoms with Gasteiger partial charge >= 0.3 is 0 Å². The van der Waals surface area contributed by atoms with Crippen LogP contribution in [0.2, 0.25) is 0 Å². The fraction of sp³-hybridized carbons (Fsp3) is 0. The molecule has 0 saturated heterocycles. The van der Waals surface area contributed by atoms with E-state index in [0.29, 0.717) is 22.8 Å². The van der Waals surface area contributed by atoms with Gasteiger partial charge in [-0.25, -0.2) is 4.99 Å². The number of nitrogens with one attached hydrogen (secondary N) is 1. The van der Waals surface area contributed by atoms with Crippen LogP contribution in [0.5, 0.6) is 0 Å². The van der Waals surface area contributed by atoms with E-state index in [-0.39, 0.29) is 5.91 Å². The maximum atomic E-state index is 12.1. The SMILES string of the molecule is N#Cc1ccccc1NC(=O)/C=C1/N=C(N)c2ccccc21. The van der Waals surface area contributed by atoms with Crippen molar-refractivity contribution in [2.24, 2.45) is 10.7 Å². The van der Waals surface area contributed by atoms with Gasteiger partial charge in [-0.3, -0.25) is 4.79 Å². The van der Waals surface area contributed by atoms with E-state index in [1.165, 1.54) is 6.08 Å². The summed E-state index contributed by atoms with van der Waals surface area (Å²) in [6.07, 6.45) is 1.38. The van der Waals surface area contributed by atoms with Crippen LogP contribution in [0.4, 0.5) is 5.69 Å². The number of nitrogens with zero attached hydrogens (tertiary/aromatic N) is 2. The number of amides is 1. The highest BCUT2D eigenvalue weighted by molar-refractivity contribution is 6.13. The zero-order valence-electron chi connectivity index (χ0n) is 11.6. The number of fused-ring (bicyclic) bond motifs is 1. The first-order valence-corrected chi connectivity index (χ1v) is 6.65. The van der Waals surface area contributed by atoms with Crippen LogP contribution in [-0.2, 0) is 4.79 Å². The molecule has 0 atom stereocenters. The van der Waals surface area contributed by atoms with E-state index in [0.717, 1.165) is 11.1 Å². The standard InChI is InChI=1S/C17H12N4O/c18-10-11-5-1-4-8-14(11)20-16(22)9-15-12-6-2-3-7-13(12)17(19)21-15/h1-9H,(H2,19,21)(H,20,22)/b15-9+. The Labute approximate surface area is 127 Å². The predicted molar refractivity (Wildman–Crippen MR) is 84.9 cm³/mol. The van der Waals surface area contributed by atoms with Crippen LogP contribution in [0.25, 0.3) is 5.70 Å². The van der Waals surface area contributed by atoms with Crippen molar-refractivity contribution < 1.29 is 4.79 Å². The molecule has 0 unspecified atom stereocenters. The van der Waals surface area contributed by atoms with E-state index in [4.69, 9.17) is 11.0 Å². The second-order valence-corrected chi connectivity index (χ2v) is 4.72. The number of rotatable bonds is 2. The molecule has 22 heavy (non-hydrogen) atoms. The van der Waals surface area contributed by atoms with Gasteiger partial charge in [-0.05, 0) is 12.1 Å². The predicted octanol–water partition coefficient (Wildman–Crippen LogP) is 2.26. The Kier molecular flexibility index (Phi) is 3.42. The summed E-state index contributed by atoms with van der Waals surface area (Å²) in [5, 5.41) is 11.7. The molecule has 1 aliphatic heterocycles. The first-order chi connectivity index (χ1) is 10.7. The summed E-state index contributed by atoms with van der Waals surface area (Å²) in [7, 11) is 0. The topological polar surface area (TPSA) is 91.3 Å². The fourth-order valence-electron chi connectivity index (χ4n) is 2.27. The van der Waals surface area contributed by atoms with Gasteiger partial charge in [-0.2, -0.15) is 5.26 Å². The molecule has 0 aliphatic carbocycles. The third-order valence-electron chi connectivity index (χ3n) is 3.29. The molecule has 0 saturated carbocycles. The first kappa shape index (κ1) is 13.6. The number of hydrogen-bond donors (Lipinski definition) is 2. The van der Waals surface area contributed by atoms with Crippen LogP contribution in [0.15, 0.2) is 59.6 Å². The largest absolute Gasteiger partial charge is 0.383 e. The van der Waals surface area contributed by atoms with Gasteiger partial charge in [0.15, 0.2) is 0 Å². The summed E-state index contributed by atoms with van der Waals surface area (Å²) in [5.74, 6) is 0.0398. The van der Waals surface area contributed by atoms with Gasteiger partial charge in [0.2, 0.25) is 0 Å². The van der Waals surface area contributed by atoms with Crippen LogP contribution in [0.3, 0.4) is 0 Å². The van der Waals surface area contributed by atoms with Crippen molar-refractivity contribution in [1.82, 2.24) is 0 Å². The first-order valence-electron chi connectivity index (χ1n) is 6.65. The van der Waals surface area contributed by atoms with E-state index < -0.39 is 0 Å². The van der Waals surface area contributed by atoms with E-state index in [1.807, 2.05) is 30.3 Å². The molecule has 1 amide bonds. The number of carbonyl (C=O) groups is 1. The van der Waals surface area contributed by atoms with Crippen molar-refractivity contribution in [2.75, 3.05) is 5.32 Å². The molecule has 0 radical (unpaired) electrons. The van der Waals surface area contributed by atoms with Gasteiger partial charge in [0.25, 0.3) is 5.91 Å². The van der Waals surface area contributed by atoms with Gasteiger partial charge < -0.3 is 11.1 Å². The van der Waals surface area contributed by atoms with E-state index >= 15 is 0 Å². The number of nitrogens with two attached hydrogens (primary N) is 1. The van der Waals surface area contributed by atoms with Crippen molar-refractivity contribution in [1.29, 1.82) is 5.26 Å². The Hall–Kier alpha value is -3.39. The molecule has 2 aromatic carbocycles. The number of amidine groups is 1. The lowest BCUT2D eigenvalue weighted by Gasteiger charge is -2.04. The van der Waals surface area contributed by atoms with Gasteiger partial charge in [-0.15, -0.1) is 0 Å². The van der Waals surface area contributed by atoms with E-state index in [2.05, 4.69) is 10.3 Å². The van der Waals surface area contributed by atoms with Gasteiger partial charge in [0.05, 0.1) is 16.9 Å². The molecule has 1 aliphatic rings. The monoisotopic (exact) mass is 288 g/mol. The quantitative estimate of drug-likeness (QED) is 0.830. The number of para-hydroxylation sites is 1. The summed E-state index contributed by atoms with van der Waals surface area (Å²) in [4.78, 5) is 16.4. The van der Waals surface area contributed by atoms with Crippen molar-refractivity contribution in [2.45, 2.75) is 0 Å².